The van der Waals surface area contributed by atoms with Gasteiger partial charge in [-0.2, -0.15) is 26.9 Å². The zero-order valence-corrected chi connectivity index (χ0v) is 12.6. The molecule has 0 saturated heterocycles. The Labute approximate surface area is 140 Å². The number of nitro benzene ring substituents is 1. The second kappa shape index (κ2) is 6.36. The van der Waals surface area contributed by atoms with Crippen LogP contribution in [0.4, 0.5) is 39.0 Å². The molecular formula is C12H4Cl2F5N3O2. The quantitative estimate of drug-likeness (QED) is 0.334. The normalized spacial score (nSPS) is 11.5. The highest BCUT2D eigenvalue weighted by molar-refractivity contribution is 6.39. The van der Waals surface area contributed by atoms with E-state index in [1.807, 2.05) is 0 Å². The standard InChI is InChI=1S/C12H4Cl2F5N3O2/c13-7-9(8(14)11(16)21-10(7)15)20-4-1-2-6(22(23)24)5(3-4)12(17,18)19/h1-3H,(H,20,21). The maximum Gasteiger partial charge on any atom is 0.423 e. The minimum absolute atomic E-state index is 0.373. The Bertz CT molecular complexity index is 803. The molecule has 2 aromatic rings. The molecule has 0 aliphatic heterocycles. The van der Waals surface area contributed by atoms with Gasteiger partial charge in [0, 0.05) is 11.8 Å². The molecule has 24 heavy (non-hydrogen) atoms. The third-order valence-electron chi connectivity index (χ3n) is 2.77. The van der Waals surface area contributed by atoms with Crippen LogP contribution in [0.1, 0.15) is 5.56 Å². The van der Waals surface area contributed by atoms with E-state index < -0.39 is 50.0 Å². The summed E-state index contributed by atoms with van der Waals surface area (Å²) in [7, 11) is 0. The molecule has 1 heterocycles. The first-order valence-electron chi connectivity index (χ1n) is 5.85. The van der Waals surface area contributed by atoms with Crippen LogP contribution >= 0.6 is 23.2 Å². The number of nitrogens with one attached hydrogen (secondary N) is 1. The van der Waals surface area contributed by atoms with E-state index in [0.29, 0.717) is 12.1 Å². The molecule has 0 aliphatic rings. The molecule has 1 N–H and O–H groups in total. The number of nitrogens with zero attached hydrogens (tertiary/aromatic N) is 2. The first-order valence-corrected chi connectivity index (χ1v) is 6.60. The van der Waals surface area contributed by atoms with Crippen molar-refractivity contribution >= 4 is 40.3 Å². The van der Waals surface area contributed by atoms with Crippen LogP contribution in [0.5, 0.6) is 0 Å². The van der Waals surface area contributed by atoms with Crippen molar-refractivity contribution in [3.8, 4) is 0 Å². The van der Waals surface area contributed by atoms with Crippen molar-refractivity contribution in [2.45, 2.75) is 6.18 Å². The van der Waals surface area contributed by atoms with E-state index >= 15 is 0 Å². The molecule has 0 saturated carbocycles. The summed E-state index contributed by atoms with van der Waals surface area (Å²) >= 11 is 11.1. The predicted octanol–water partition coefficient (Wildman–Crippen LogP) is 5.34. The fourth-order valence-electron chi connectivity index (χ4n) is 1.74. The number of aromatic nitrogens is 1. The van der Waals surface area contributed by atoms with Crippen molar-refractivity contribution in [1.29, 1.82) is 0 Å². The minimum Gasteiger partial charge on any atom is -0.353 e. The van der Waals surface area contributed by atoms with Gasteiger partial charge in [-0.15, -0.1) is 0 Å². The van der Waals surface area contributed by atoms with Crippen LogP contribution in [0, 0.1) is 22.0 Å². The van der Waals surface area contributed by atoms with Gasteiger partial charge in [0.2, 0.25) is 11.9 Å². The van der Waals surface area contributed by atoms with E-state index in [1.54, 1.807) is 0 Å². The van der Waals surface area contributed by atoms with Gasteiger partial charge in [0.05, 0.1) is 10.6 Å². The lowest BCUT2D eigenvalue weighted by Crippen LogP contribution is -2.09. The number of nitro groups is 1. The van der Waals surface area contributed by atoms with Crippen LogP contribution in [-0.4, -0.2) is 9.91 Å². The van der Waals surface area contributed by atoms with Gasteiger partial charge in [-0.25, -0.2) is 0 Å². The molecular weight excluding hydrogens is 384 g/mol. The van der Waals surface area contributed by atoms with Crippen molar-refractivity contribution < 1.29 is 26.9 Å². The number of anilines is 2. The number of rotatable bonds is 3. The lowest BCUT2D eigenvalue weighted by Gasteiger charge is -2.13. The third kappa shape index (κ3) is 3.49. The largest absolute Gasteiger partial charge is 0.423 e. The van der Waals surface area contributed by atoms with Gasteiger partial charge in [-0.05, 0) is 12.1 Å². The second-order valence-electron chi connectivity index (χ2n) is 4.31. The summed E-state index contributed by atoms with van der Waals surface area (Å²) < 4.78 is 65.3. The lowest BCUT2D eigenvalue weighted by atomic mass is 10.1. The highest BCUT2D eigenvalue weighted by atomic mass is 35.5. The summed E-state index contributed by atoms with van der Waals surface area (Å²) in [4.78, 5) is 12.2. The molecule has 0 bridgehead atoms. The average molecular weight is 388 g/mol. The topological polar surface area (TPSA) is 68.1 Å². The highest BCUT2D eigenvalue weighted by Crippen LogP contribution is 2.40. The van der Waals surface area contributed by atoms with E-state index in [9.17, 15) is 32.1 Å². The van der Waals surface area contributed by atoms with Crippen molar-refractivity contribution in [1.82, 2.24) is 4.98 Å². The molecule has 0 spiro atoms. The van der Waals surface area contributed by atoms with Gasteiger partial charge in [0.15, 0.2) is 0 Å². The maximum absolute atomic E-state index is 13.3. The van der Waals surface area contributed by atoms with Crippen LogP contribution in [0.2, 0.25) is 10.0 Å². The average Bonchev–Trinajstić information content (AvgIpc) is 2.48. The zero-order chi connectivity index (χ0) is 18.2. The highest BCUT2D eigenvalue weighted by Gasteiger charge is 2.38. The first kappa shape index (κ1) is 18.1. The lowest BCUT2D eigenvalue weighted by molar-refractivity contribution is -0.388. The molecule has 2 rings (SSSR count). The summed E-state index contributed by atoms with van der Waals surface area (Å²) in [6.45, 7) is 0. The van der Waals surface area contributed by atoms with E-state index in [1.165, 1.54) is 0 Å². The summed E-state index contributed by atoms with van der Waals surface area (Å²) in [6, 6.07) is 1.87. The zero-order valence-electron chi connectivity index (χ0n) is 11.1. The molecule has 0 aliphatic carbocycles. The number of alkyl halides is 3. The van der Waals surface area contributed by atoms with Gasteiger partial charge < -0.3 is 5.32 Å². The molecule has 1 aromatic heterocycles. The van der Waals surface area contributed by atoms with Crippen LogP contribution in [-0.2, 0) is 6.18 Å². The molecule has 5 nitrogen and oxygen atoms in total. The predicted molar refractivity (Wildman–Crippen MR) is 75.6 cm³/mol. The fraction of sp³-hybridized carbons (Fsp3) is 0.0833. The van der Waals surface area contributed by atoms with Crippen LogP contribution in [0.3, 0.4) is 0 Å². The van der Waals surface area contributed by atoms with Crippen molar-refractivity contribution in [2.75, 3.05) is 5.32 Å². The van der Waals surface area contributed by atoms with Crippen molar-refractivity contribution in [3.63, 3.8) is 0 Å². The summed E-state index contributed by atoms with van der Waals surface area (Å²) in [5.74, 6) is -2.86. The molecule has 0 radical (unpaired) electrons. The Kier molecular flexibility index (Phi) is 4.81. The van der Waals surface area contributed by atoms with Gasteiger partial charge >= 0.3 is 6.18 Å². The Hall–Kier alpha value is -2.20. The van der Waals surface area contributed by atoms with Crippen molar-refractivity contribution in [2.24, 2.45) is 0 Å². The van der Waals surface area contributed by atoms with Gasteiger partial charge in [0.1, 0.15) is 15.6 Å². The molecule has 0 fully saturated rings. The number of benzene rings is 1. The fourth-order valence-corrected chi connectivity index (χ4v) is 2.16. The van der Waals surface area contributed by atoms with E-state index in [4.69, 9.17) is 23.2 Å². The van der Waals surface area contributed by atoms with Gasteiger partial charge in [0.25, 0.3) is 5.69 Å². The number of halogens is 7. The summed E-state index contributed by atoms with van der Waals surface area (Å²) in [5, 5.41) is 11.4. The van der Waals surface area contributed by atoms with Crippen LogP contribution < -0.4 is 5.32 Å². The second-order valence-corrected chi connectivity index (χ2v) is 5.06. The van der Waals surface area contributed by atoms with E-state index in [2.05, 4.69) is 10.3 Å². The Morgan fingerprint density at radius 3 is 2.12 bits per heavy atom. The van der Waals surface area contributed by atoms with E-state index in [-0.39, 0.29) is 5.69 Å². The Balaban J connectivity index is 2.55. The Morgan fingerprint density at radius 2 is 1.67 bits per heavy atom. The first-order chi connectivity index (χ1) is 11.0. The minimum atomic E-state index is -5.03. The van der Waals surface area contributed by atoms with Gasteiger partial charge in [-0.3, -0.25) is 10.1 Å². The Morgan fingerprint density at radius 1 is 1.12 bits per heavy atom. The van der Waals surface area contributed by atoms with Crippen molar-refractivity contribution in [3.05, 3.63) is 55.8 Å². The number of pyridine rings is 1. The number of hydrogen-bond donors (Lipinski definition) is 1. The van der Waals surface area contributed by atoms with E-state index in [0.717, 1.165) is 6.07 Å². The number of hydrogen-bond acceptors (Lipinski definition) is 4. The molecule has 12 heteroatoms. The SMILES string of the molecule is O=[N+]([O-])c1ccc(Nc2c(Cl)c(F)nc(F)c2Cl)cc1C(F)(F)F. The maximum atomic E-state index is 13.3. The summed E-state index contributed by atoms with van der Waals surface area (Å²) in [6.07, 6.45) is -5.03. The molecule has 0 atom stereocenters. The summed E-state index contributed by atoms with van der Waals surface area (Å²) in [5.41, 5.74) is -3.68. The third-order valence-corrected chi connectivity index (χ3v) is 3.46. The molecule has 0 unspecified atom stereocenters. The van der Waals surface area contributed by atoms with Crippen LogP contribution in [0.25, 0.3) is 0 Å². The smallest absolute Gasteiger partial charge is 0.353 e. The van der Waals surface area contributed by atoms with Crippen LogP contribution in [0.15, 0.2) is 18.2 Å². The molecule has 128 valence electrons. The molecule has 0 amide bonds. The molecule has 1 aromatic carbocycles. The van der Waals surface area contributed by atoms with Gasteiger partial charge in [-0.1, -0.05) is 23.2 Å². The monoisotopic (exact) mass is 387 g/mol.